The standard InChI is InChI=1S/C29H33N5O11P2/c1-2-3-4-24-32-27-28(34(24)17-19-16-20(44-46(37,38)39)6-8-23(19)45-47(40,41)42)21-7-5-18(15-22(21)31-29(27)30)11-13-43-14-12-33-25(35)9-10-26(33)36/h5-10,15-16H,2-4,11-14,17H2,1H3,(H2,30,31)(H2,37,38,39)(H2,40,41,42). The van der Waals surface area contributed by atoms with Crippen molar-refractivity contribution in [2.75, 3.05) is 25.5 Å². The Kier molecular flexibility index (Phi) is 10.1. The normalized spacial score (nSPS) is 13.8. The fourth-order valence-corrected chi connectivity index (χ4v) is 6.04. The molecule has 0 aliphatic carbocycles. The molecule has 0 radical (unpaired) electrons. The number of fused-ring (bicyclic) bond motifs is 3. The lowest BCUT2D eigenvalue weighted by Crippen LogP contribution is -2.33. The van der Waals surface area contributed by atoms with Gasteiger partial charge in [-0.1, -0.05) is 25.5 Å². The number of phosphoric ester groups is 2. The number of phosphoric acid groups is 2. The fraction of sp³-hybridized carbons (Fsp3) is 0.310. The molecule has 16 nitrogen and oxygen atoms in total. The number of anilines is 1. The lowest BCUT2D eigenvalue weighted by Gasteiger charge is -2.17. The second-order valence-corrected chi connectivity index (χ2v) is 13.0. The van der Waals surface area contributed by atoms with Gasteiger partial charge in [0.1, 0.15) is 22.8 Å². The number of imide groups is 1. The maximum atomic E-state index is 11.8. The first-order valence-corrected chi connectivity index (χ1v) is 17.6. The molecule has 18 heteroatoms. The number of hydrogen-bond donors (Lipinski definition) is 5. The van der Waals surface area contributed by atoms with Crippen molar-refractivity contribution in [3.63, 3.8) is 0 Å². The SMILES string of the molecule is CCCCc1nc2c(N)nc3cc(CCOCCN4C(=O)C=CC4=O)ccc3c2n1Cc1cc(OP(=O)(O)O)ccc1OP(=O)(O)O. The van der Waals surface area contributed by atoms with Gasteiger partial charge in [-0.3, -0.25) is 34.1 Å². The number of rotatable bonds is 15. The van der Waals surface area contributed by atoms with Gasteiger partial charge in [0.2, 0.25) is 0 Å². The van der Waals surface area contributed by atoms with Crippen molar-refractivity contribution in [1.29, 1.82) is 0 Å². The first kappa shape index (κ1) is 34.2. The Bertz CT molecular complexity index is 1950. The Morgan fingerprint density at radius 3 is 2.30 bits per heavy atom. The Morgan fingerprint density at radius 1 is 0.894 bits per heavy atom. The monoisotopic (exact) mass is 689 g/mol. The average Bonchev–Trinajstić information content (AvgIpc) is 3.50. The maximum Gasteiger partial charge on any atom is 0.524 e. The first-order chi connectivity index (χ1) is 22.2. The minimum Gasteiger partial charge on any atom is -0.404 e. The third-order valence-corrected chi connectivity index (χ3v) is 8.18. The first-order valence-electron chi connectivity index (χ1n) is 14.5. The Hall–Kier alpha value is -4.14. The molecule has 0 saturated heterocycles. The Morgan fingerprint density at radius 2 is 1.62 bits per heavy atom. The van der Waals surface area contributed by atoms with E-state index >= 15 is 0 Å². The van der Waals surface area contributed by atoms with Gasteiger partial charge in [0.15, 0.2) is 5.82 Å². The number of nitrogen functional groups attached to an aromatic ring is 1. The molecular formula is C29H33N5O11P2. The van der Waals surface area contributed by atoms with Gasteiger partial charge in [-0.2, -0.15) is 0 Å². The van der Waals surface area contributed by atoms with Gasteiger partial charge in [0, 0.05) is 29.5 Å². The van der Waals surface area contributed by atoms with Gasteiger partial charge >= 0.3 is 15.6 Å². The number of unbranched alkanes of at least 4 members (excludes halogenated alkanes) is 1. The van der Waals surface area contributed by atoms with E-state index in [9.17, 15) is 38.3 Å². The summed E-state index contributed by atoms with van der Waals surface area (Å²) in [5.74, 6) is -0.423. The van der Waals surface area contributed by atoms with Crippen molar-refractivity contribution in [3.8, 4) is 11.5 Å². The zero-order valence-corrected chi connectivity index (χ0v) is 27.0. The second-order valence-electron chi connectivity index (χ2n) is 10.7. The smallest absolute Gasteiger partial charge is 0.404 e. The quantitative estimate of drug-likeness (QED) is 0.0686. The van der Waals surface area contributed by atoms with E-state index in [1.807, 2.05) is 29.7 Å². The van der Waals surface area contributed by atoms with Gasteiger partial charge in [-0.05, 0) is 42.7 Å². The van der Waals surface area contributed by atoms with Crippen LogP contribution in [0.4, 0.5) is 5.82 Å². The zero-order chi connectivity index (χ0) is 33.9. The van der Waals surface area contributed by atoms with Gasteiger partial charge in [0.25, 0.3) is 11.8 Å². The highest BCUT2D eigenvalue weighted by molar-refractivity contribution is 7.47. The Balaban J connectivity index is 1.48. The van der Waals surface area contributed by atoms with Crippen LogP contribution in [0.5, 0.6) is 11.5 Å². The number of aryl methyl sites for hydroxylation is 1. The highest BCUT2D eigenvalue weighted by Crippen LogP contribution is 2.43. The summed E-state index contributed by atoms with van der Waals surface area (Å²) < 4.78 is 40.4. The molecule has 4 aromatic rings. The van der Waals surface area contributed by atoms with Crippen LogP contribution in [-0.2, 0) is 42.8 Å². The van der Waals surface area contributed by atoms with Crippen LogP contribution in [0.25, 0.3) is 21.9 Å². The minimum atomic E-state index is -5.01. The molecule has 0 atom stereocenters. The molecule has 5 rings (SSSR count). The van der Waals surface area contributed by atoms with Crippen molar-refractivity contribution in [3.05, 3.63) is 65.5 Å². The van der Waals surface area contributed by atoms with E-state index in [2.05, 4.69) is 4.98 Å². The maximum absolute atomic E-state index is 11.8. The summed E-state index contributed by atoms with van der Waals surface area (Å²) in [5.41, 5.74) is 9.00. The molecule has 2 amide bonds. The fourth-order valence-electron chi connectivity index (χ4n) is 5.22. The van der Waals surface area contributed by atoms with E-state index in [1.54, 1.807) is 0 Å². The van der Waals surface area contributed by atoms with E-state index in [1.165, 1.54) is 18.2 Å². The molecule has 47 heavy (non-hydrogen) atoms. The molecule has 6 N–H and O–H groups in total. The van der Waals surface area contributed by atoms with Crippen LogP contribution in [0.2, 0.25) is 0 Å². The molecule has 1 aliphatic rings. The number of imidazole rings is 1. The van der Waals surface area contributed by atoms with Crippen LogP contribution in [0.3, 0.4) is 0 Å². The number of nitrogens with zero attached hydrogens (tertiary/aromatic N) is 4. The number of carbonyl (C=O) groups excluding carboxylic acids is 2. The van der Waals surface area contributed by atoms with Gasteiger partial charge in [-0.25, -0.2) is 19.1 Å². The van der Waals surface area contributed by atoms with E-state index in [0.717, 1.165) is 35.4 Å². The summed E-state index contributed by atoms with van der Waals surface area (Å²) in [6, 6.07) is 9.12. The van der Waals surface area contributed by atoms with Crippen LogP contribution in [0.15, 0.2) is 48.6 Å². The predicted molar refractivity (Wildman–Crippen MR) is 169 cm³/mol. The summed E-state index contributed by atoms with van der Waals surface area (Å²) in [5, 5.41) is 0.688. The largest absolute Gasteiger partial charge is 0.524 e. The van der Waals surface area contributed by atoms with Crippen LogP contribution in [0, 0.1) is 0 Å². The molecule has 2 aromatic carbocycles. The predicted octanol–water partition coefficient (Wildman–Crippen LogP) is 2.98. The number of ether oxygens (including phenoxy) is 1. The molecule has 3 heterocycles. The van der Waals surface area contributed by atoms with E-state index in [0.29, 0.717) is 47.2 Å². The zero-order valence-electron chi connectivity index (χ0n) is 25.2. The molecule has 1 aliphatic heterocycles. The number of amides is 2. The van der Waals surface area contributed by atoms with E-state index in [4.69, 9.17) is 24.5 Å². The van der Waals surface area contributed by atoms with E-state index < -0.39 is 15.6 Å². The number of benzene rings is 2. The lowest BCUT2D eigenvalue weighted by atomic mass is 10.1. The molecule has 250 valence electrons. The number of pyridine rings is 1. The molecule has 0 saturated carbocycles. The summed E-state index contributed by atoms with van der Waals surface area (Å²) in [7, 11) is -9.95. The van der Waals surface area contributed by atoms with Crippen molar-refractivity contribution in [2.24, 2.45) is 0 Å². The highest BCUT2D eigenvalue weighted by Gasteiger charge is 2.25. The third-order valence-electron chi connectivity index (χ3n) is 7.30. The van der Waals surface area contributed by atoms with Gasteiger partial charge < -0.3 is 24.1 Å². The van der Waals surface area contributed by atoms with Crippen LogP contribution >= 0.6 is 15.6 Å². The van der Waals surface area contributed by atoms with E-state index in [-0.39, 0.29) is 54.4 Å². The molecule has 0 spiro atoms. The summed E-state index contributed by atoms with van der Waals surface area (Å²) in [6.45, 7) is 2.60. The number of hydrogen-bond acceptors (Lipinski definition) is 10. The van der Waals surface area contributed by atoms with Crippen LogP contribution in [0.1, 0.15) is 36.7 Å². The number of nitrogens with two attached hydrogens (primary N) is 1. The summed E-state index contributed by atoms with van der Waals surface area (Å²) in [6.07, 6.45) is 5.09. The van der Waals surface area contributed by atoms with Crippen molar-refractivity contribution >= 4 is 55.2 Å². The average molecular weight is 690 g/mol. The highest BCUT2D eigenvalue weighted by atomic mass is 31.2. The molecule has 0 bridgehead atoms. The van der Waals surface area contributed by atoms with Gasteiger partial charge in [0.05, 0.1) is 37.3 Å². The lowest BCUT2D eigenvalue weighted by molar-refractivity contribution is -0.137. The Labute approximate surface area is 268 Å². The topological polar surface area (TPSA) is 237 Å². The van der Waals surface area contributed by atoms with Crippen molar-refractivity contribution in [2.45, 2.75) is 39.2 Å². The molecule has 0 unspecified atom stereocenters. The second kappa shape index (κ2) is 13.9. The van der Waals surface area contributed by atoms with Crippen molar-refractivity contribution in [1.82, 2.24) is 19.4 Å². The third kappa shape index (κ3) is 8.42. The van der Waals surface area contributed by atoms with Crippen LogP contribution < -0.4 is 14.8 Å². The van der Waals surface area contributed by atoms with Crippen molar-refractivity contribution < 1.29 is 52.1 Å². The molecule has 0 fully saturated rings. The number of aromatic nitrogens is 3. The minimum absolute atomic E-state index is 0.0745. The molecule has 2 aromatic heterocycles. The summed E-state index contributed by atoms with van der Waals surface area (Å²) >= 11 is 0. The number of carbonyl (C=O) groups is 2. The molecular weight excluding hydrogens is 656 g/mol. The van der Waals surface area contributed by atoms with Gasteiger partial charge in [-0.15, -0.1) is 0 Å². The summed E-state index contributed by atoms with van der Waals surface area (Å²) in [4.78, 5) is 71.6. The van der Waals surface area contributed by atoms with Crippen LogP contribution in [-0.4, -0.2) is 70.6 Å².